The minimum atomic E-state index is -2.39. The van der Waals surface area contributed by atoms with E-state index in [0.29, 0.717) is 0 Å². The average Bonchev–Trinajstić information content (AvgIpc) is 3.21. The molecule has 0 fully saturated rings. The molecule has 0 aromatic heterocycles. The van der Waals surface area contributed by atoms with E-state index in [1.54, 1.807) is 3.58 Å². The summed E-state index contributed by atoms with van der Waals surface area (Å²) in [4.78, 5) is 4.62. The summed E-state index contributed by atoms with van der Waals surface area (Å²) in [6, 6.07) is 60.5. The summed E-state index contributed by atoms with van der Waals surface area (Å²) in [6.45, 7) is 7.07. The fourth-order valence-corrected chi connectivity index (χ4v) is 23.3. The van der Waals surface area contributed by atoms with E-state index in [-0.39, 0.29) is 0 Å². The van der Waals surface area contributed by atoms with Crippen LogP contribution < -0.4 is 13.4 Å². The van der Waals surface area contributed by atoms with E-state index < -0.39 is 18.4 Å². The molecule has 0 aliphatic heterocycles. The van der Waals surface area contributed by atoms with Crippen LogP contribution in [0.3, 0.4) is 0 Å². The number of hydrogen-bond donors (Lipinski definition) is 0. The van der Waals surface area contributed by atoms with Crippen molar-refractivity contribution in [2.75, 3.05) is 9.80 Å². The van der Waals surface area contributed by atoms with Gasteiger partial charge in [0.25, 0.3) is 0 Å². The predicted molar refractivity (Wildman–Crippen MR) is 234 cm³/mol. The molecule has 52 heavy (non-hydrogen) atoms. The number of halogens is 1. The Morgan fingerprint density at radius 3 is 0.923 bits per heavy atom. The summed E-state index contributed by atoms with van der Waals surface area (Å²) >= 11 is 1.10. The van der Waals surface area contributed by atoms with Crippen molar-refractivity contribution in [1.29, 1.82) is 0 Å². The van der Waals surface area contributed by atoms with E-state index in [0.717, 1.165) is 21.5 Å². The summed E-state index contributed by atoms with van der Waals surface area (Å²) in [5, 5.41) is 0. The average molecular weight is 859 g/mol. The molecule has 2 nitrogen and oxygen atoms in total. The predicted octanol–water partition coefficient (Wildman–Crippen LogP) is 15.1. The SMILES string of the molecule is Brc1ccc(N(c2ccccc2)c2ccccc2)cc1.CCC[CH2][Sn]([CH2]CCC)([CH2]CCC)[c]1ccc(N(c2ccccc2)c2ccccc2)cc1. The number of rotatable bonds is 16. The fourth-order valence-electron chi connectivity index (χ4n) is 7.11. The second-order valence-electron chi connectivity index (χ2n) is 13.6. The molecule has 0 heterocycles. The van der Waals surface area contributed by atoms with Crippen LogP contribution in [0.4, 0.5) is 34.1 Å². The van der Waals surface area contributed by atoms with Crippen molar-refractivity contribution in [1.82, 2.24) is 0 Å². The first-order valence-corrected chi connectivity index (χ1v) is 27.5. The first kappa shape index (κ1) is 39.4. The molecule has 6 rings (SSSR count). The molecule has 0 atom stereocenters. The van der Waals surface area contributed by atoms with Gasteiger partial charge in [0.05, 0.1) is 0 Å². The number of unbranched alkanes of at least 4 members (excludes halogenated alkanes) is 3. The van der Waals surface area contributed by atoms with Gasteiger partial charge in [0.2, 0.25) is 0 Å². The molecule has 0 saturated carbocycles. The Labute approximate surface area is 326 Å². The van der Waals surface area contributed by atoms with Gasteiger partial charge in [-0.1, -0.05) is 52.3 Å². The van der Waals surface area contributed by atoms with Gasteiger partial charge in [-0.2, -0.15) is 0 Å². The third-order valence-electron chi connectivity index (χ3n) is 9.91. The van der Waals surface area contributed by atoms with Crippen molar-refractivity contribution in [3.63, 3.8) is 0 Å². The number of benzene rings is 6. The molecule has 6 aromatic rings. The van der Waals surface area contributed by atoms with Gasteiger partial charge in [0.15, 0.2) is 0 Å². The third-order valence-corrected chi connectivity index (χ3v) is 26.1. The van der Waals surface area contributed by atoms with E-state index in [1.807, 2.05) is 12.1 Å². The second-order valence-corrected chi connectivity index (χ2v) is 27.8. The Kier molecular flexibility index (Phi) is 15.9. The van der Waals surface area contributed by atoms with Crippen LogP contribution in [0, 0.1) is 0 Å². The number of hydrogen-bond acceptors (Lipinski definition) is 2. The molecule has 0 saturated heterocycles. The molecular weight excluding hydrogens is 803 g/mol. The normalized spacial score (nSPS) is 11.0. The quantitative estimate of drug-likeness (QED) is 0.0895. The Morgan fingerprint density at radius 1 is 0.365 bits per heavy atom. The second kappa shape index (κ2) is 21.0. The van der Waals surface area contributed by atoms with E-state index in [2.05, 4.69) is 204 Å². The van der Waals surface area contributed by atoms with Gasteiger partial charge in [-0.05, 0) is 48.5 Å². The molecule has 0 unspecified atom stereocenters. The Morgan fingerprint density at radius 2 is 0.635 bits per heavy atom. The van der Waals surface area contributed by atoms with Crippen LogP contribution >= 0.6 is 15.9 Å². The van der Waals surface area contributed by atoms with Gasteiger partial charge in [0.1, 0.15) is 0 Å². The van der Waals surface area contributed by atoms with Crippen molar-refractivity contribution >= 4 is 72.0 Å². The van der Waals surface area contributed by atoms with Gasteiger partial charge in [-0.15, -0.1) is 0 Å². The van der Waals surface area contributed by atoms with Gasteiger partial charge in [-0.3, -0.25) is 0 Å². The summed E-state index contributed by atoms with van der Waals surface area (Å²) in [5.41, 5.74) is 7.13. The molecule has 0 radical (unpaired) electrons. The Hall–Kier alpha value is -3.80. The standard InChI is InChI=1S/C18H14BrN.C18H14N.3C4H9.Sn/c19-15-11-13-18(14-12-15)20(16-7-3-1-4-8-16)17-9-5-2-6-10-17;1-4-10-16(11-5-1)19(17-12-6-2-7-13-17)18-14-8-3-9-15-18;3*1-3-4-2;/h1-14H;1-2,4-15H;3*1,3-4H2,2H3;. The van der Waals surface area contributed by atoms with Crippen LogP contribution in [0.1, 0.15) is 59.3 Å². The van der Waals surface area contributed by atoms with E-state index >= 15 is 0 Å². The topological polar surface area (TPSA) is 6.48 Å². The van der Waals surface area contributed by atoms with Crippen molar-refractivity contribution in [3.05, 3.63) is 174 Å². The Bertz CT molecular complexity index is 1730. The van der Waals surface area contributed by atoms with Gasteiger partial charge in [0, 0.05) is 21.5 Å². The zero-order valence-electron chi connectivity index (χ0n) is 31.3. The molecule has 0 amide bonds. The maximum absolute atomic E-state index is 3.49. The van der Waals surface area contributed by atoms with Crippen LogP contribution in [0.25, 0.3) is 0 Å². The van der Waals surface area contributed by atoms with Crippen LogP contribution in [-0.4, -0.2) is 18.4 Å². The zero-order valence-corrected chi connectivity index (χ0v) is 35.7. The van der Waals surface area contributed by atoms with E-state index in [9.17, 15) is 0 Å². The first-order valence-electron chi connectivity index (χ1n) is 19.2. The fraction of sp³-hybridized carbons (Fsp3) is 0.250. The number of nitrogens with zero attached hydrogens (tertiary/aromatic N) is 2. The molecule has 0 aliphatic carbocycles. The summed E-state index contributed by atoms with van der Waals surface area (Å²) in [5.74, 6) is 0. The molecular formula is C48H55BrN2Sn. The maximum atomic E-state index is 3.49. The summed E-state index contributed by atoms with van der Waals surface area (Å²) in [7, 11) is 0. The molecule has 268 valence electrons. The summed E-state index contributed by atoms with van der Waals surface area (Å²) < 4.78 is 7.39. The zero-order chi connectivity index (χ0) is 36.4. The minimum absolute atomic E-state index is 1.09. The van der Waals surface area contributed by atoms with E-state index in [4.69, 9.17) is 0 Å². The monoisotopic (exact) mass is 858 g/mol. The molecule has 0 aliphatic rings. The van der Waals surface area contributed by atoms with Crippen LogP contribution in [0.15, 0.2) is 174 Å². The van der Waals surface area contributed by atoms with Crippen LogP contribution in [0.2, 0.25) is 13.3 Å². The van der Waals surface area contributed by atoms with Crippen LogP contribution in [-0.2, 0) is 0 Å². The van der Waals surface area contributed by atoms with Crippen molar-refractivity contribution in [2.45, 2.75) is 72.6 Å². The summed E-state index contributed by atoms with van der Waals surface area (Å²) in [6.07, 6.45) is 8.20. The molecule has 6 aromatic carbocycles. The molecule has 0 spiro atoms. The number of anilines is 6. The van der Waals surface area contributed by atoms with Crippen molar-refractivity contribution in [3.8, 4) is 0 Å². The first-order chi connectivity index (χ1) is 25.6. The van der Waals surface area contributed by atoms with Gasteiger partial charge in [-0.25, -0.2) is 0 Å². The van der Waals surface area contributed by atoms with E-state index in [1.165, 1.54) is 68.9 Å². The van der Waals surface area contributed by atoms with Gasteiger partial charge >= 0.3 is 201 Å². The molecule has 0 bridgehead atoms. The van der Waals surface area contributed by atoms with Crippen LogP contribution in [0.5, 0.6) is 0 Å². The van der Waals surface area contributed by atoms with Crippen molar-refractivity contribution < 1.29 is 0 Å². The van der Waals surface area contributed by atoms with Crippen molar-refractivity contribution in [2.24, 2.45) is 0 Å². The number of para-hydroxylation sites is 4. The Balaban J connectivity index is 0.000000223. The third kappa shape index (κ3) is 10.9. The molecule has 0 N–H and O–H groups in total. The molecule has 4 heteroatoms. The van der Waals surface area contributed by atoms with Gasteiger partial charge < -0.3 is 4.90 Å².